The summed E-state index contributed by atoms with van der Waals surface area (Å²) in [5.74, 6) is -0.663. The highest BCUT2D eigenvalue weighted by molar-refractivity contribution is 6.06. The molecule has 0 N–H and O–H groups in total. The SMILES string of the molecule is Cc1ccnc2c1ccc1c(C(F)(F)F)cc(-c3nnc(-c4cccc(-c5nnc(-c6cc(C(F)(F)F)c7ccc8c(C)ccnc8c7n6)o5)c4)o3)nc12. The van der Waals surface area contributed by atoms with Crippen molar-refractivity contribution in [2.24, 2.45) is 0 Å². The third kappa shape index (κ3) is 5.45. The number of aryl methyl sites for hydroxylation is 2. The first-order valence-corrected chi connectivity index (χ1v) is 16.1. The average Bonchev–Trinajstić information content (AvgIpc) is 3.85. The maximum Gasteiger partial charge on any atom is 0.417 e. The molecule has 10 nitrogen and oxygen atoms in total. The van der Waals surface area contributed by atoms with Gasteiger partial charge < -0.3 is 8.83 Å². The van der Waals surface area contributed by atoms with Crippen molar-refractivity contribution < 1.29 is 35.2 Å². The molecule has 0 aliphatic heterocycles. The fourth-order valence-corrected chi connectivity index (χ4v) is 6.44. The number of benzene rings is 3. The van der Waals surface area contributed by atoms with Gasteiger partial charge in [0.05, 0.1) is 33.2 Å². The van der Waals surface area contributed by atoms with Gasteiger partial charge in [-0.2, -0.15) is 26.3 Å². The van der Waals surface area contributed by atoms with Gasteiger partial charge in [0.25, 0.3) is 11.8 Å². The topological polar surface area (TPSA) is 129 Å². The van der Waals surface area contributed by atoms with E-state index in [4.69, 9.17) is 8.83 Å². The molecule has 0 aliphatic rings. The average molecular weight is 735 g/mol. The van der Waals surface area contributed by atoms with Crippen molar-refractivity contribution in [3.63, 3.8) is 0 Å². The van der Waals surface area contributed by atoms with E-state index in [1.807, 2.05) is 13.8 Å². The molecule has 16 heteroatoms. The number of rotatable bonds is 4. The highest BCUT2D eigenvalue weighted by atomic mass is 19.4. The summed E-state index contributed by atoms with van der Waals surface area (Å²) < 4.78 is 97.5. The van der Waals surface area contributed by atoms with Crippen LogP contribution in [-0.4, -0.2) is 40.3 Å². The fraction of sp³-hybridized carbons (Fsp3) is 0.105. The molecule has 0 radical (unpaired) electrons. The standard InChI is InChI=1S/C38H20F6N8O2/c1-17-10-12-45-29-21(17)6-8-23-25(37(39,40)41)15-27(47-31(23)29)35-51-49-33(53-35)19-4-3-5-20(14-19)34-50-52-36(54-34)28-16-26(38(42,43)44)24-9-7-22-18(2)11-13-46-30(22)32(24)48-28/h3-16H,1-2H3. The Morgan fingerprint density at radius 1 is 0.463 bits per heavy atom. The molecule has 0 atom stereocenters. The minimum Gasteiger partial charge on any atom is -0.415 e. The first kappa shape index (κ1) is 33.0. The van der Waals surface area contributed by atoms with E-state index in [-0.39, 0.29) is 56.8 Å². The maximum atomic E-state index is 14.3. The van der Waals surface area contributed by atoms with Crippen LogP contribution in [0.15, 0.2) is 94.0 Å². The van der Waals surface area contributed by atoms with Gasteiger partial charge in [-0.15, -0.1) is 20.4 Å². The summed E-state index contributed by atoms with van der Waals surface area (Å²) in [6.07, 6.45) is -6.45. The van der Waals surface area contributed by atoms with Crippen molar-refractivity contribution in [1.82, 2.24) is 40.3 Å². The molecule has 9 rings (SSSR count). The van der Waals surface area contributed by atoms with Crippen LogP contribution in [0.5, 0.6) is 0 Å². The highest BCUT2D eigenvalue weighted by Crippen LogP contribution is 2.41. The molecule has 54 heavy (non-hydrogen) atoms. The van der Waals surface area contributed by atoms with Gasteiger partial charge in [-0.3, -0.25) is 9.97 Å². The Balaban J connectivity index is 1.09. The fourth-order valence-electron chi connectivity index (χ4n) is 6.44. The summed E-state index contributed by atoms with van der Waals surface area (Å²) in [7, 11) is 0. The maximum absolute atomic E-state index is 14.3. The van der Waals surface area contributed by atoms with Gasteiger partial charge in [0, 0.05) is 45.1 Å². The van der Waals surface area contributed by atoms with Gasteiger partial charge >= 0.3 is 12.4 Å². The lowest BCUT2D eigenvalue weighted by Gasteiger charge is -2.13. The molecule has 0 saturated heterocycles. The van der Waals surface area contributed by atoms with Gasteiger partial charge in [-0.05, 0) is 67.4 Å². The van der Waals surface area contributed by atoms with Crippen molar-refractivity contribution in [2.75, 3.05) is 0 Å². The van der Waals surface area contributed by atoms with E-state index in [2.05, 4.69) is 40.3 Å². The number of halogens is 6. The summed E-state index contributed by atoms with van der Waals surface area (Å²) >= 11 is 0. The summed E-state index contributed by atoms with van der Waals surface area (Å²) in [6.45, 7) is 3.64. The van der Waals surface area contributed by atoms with Crippen LogP contribution in [0.1, 0.15) is 22.3 Å². The van der Waals surface area contributed by atoms with Crippen molar-refractivity contribution in [2.45, 2.75) is 26.2 Å². The van der Waals surface area contributed by atoms with Crippen LogP contribution >= 0.6 is 0 Å². The number of hydrogen-bond donors (Lipinski definition) is 0. The van der Waals surface area contributed by atoms with Gasteiger partial charge in [-0.25, -0.2) is 9.97 Å². The van der Waals surface area contributed by atoms with Crippen molar-refractivity contribution in [3.8, 4) is 46.1 Å². The third-order valence-corrected chi connectivity index (χ3v) is 9.07. The molecule has 0 aliphatic carbocycles. The Morgan fingerprint density at radius 2 is 0.870 bits per heavy atom. The molecule has 9 aromatic rings. The van der Waals surface area contributed by atoms with Crippen LogP contribution in [0.25, 0.3) is 89.7 Å². The molecule has 0 amide bonds. The lowest BCUT2D eigenvalue weighted by atomic mass is 10.0. The second-order valence-electron chi connectivity index (χ2n) is 12.5. The highest BCUT2D eigenvalue weighted by Gasteiger charge is 2.36. The molecule has 3 aromatic carbocycles. The molecule has 266 valence electrons. The first-order chi connectivity index (χ1) is 25.8. The predicted molar refractivity (Wildman–Crippen MR) is 185 cm³/mol. The Hall–Kier alpha value is -6.84. The van der Waals surface area contributed by atoms with Crippen molar-refractivity contribution >= 4 is 43.6 Å². The van der Waals surface area contributed by atoms with E-state index in [1.54, 1.807) is 48.5 Å². The Bertz CT molecular complexity index is 2780. The lowest BCUT2D eigenvalue weighted by Crippen LogP contribution is -2.07. The van der Waals surface area contributed by atoms with Gasteiger partial charge in [-0.1, -0.05) is 30.3 Å². The zero-order valence-electron chi connectivity index (χ0n) is 27.7. The van der Waals surface area contributed by atoms with Crippen LogP contribution < -0.4 is 0 Å². The zero-order valence-corrected chi connectivity index (χ0v) is 27.7. The molecule has 6 heterocycles. The van der Waals surface area contributed by atoms with Gasteiger partial charge in [0.15, 0.2) is 0 Å². The van der Waals surface area contributed by atoms with Crippen LogP contribution in [0, 0.1) is 13.8 Å². The van der Waals surface area contributed by atoms with E-state index < -0.39 is 23.5 Å². The first-order valence-electron chi connectivity index (χ1n) is 16.1. The number of alkyl halides is 6. The number of hydrogen-bond acceptors (Lipinski definition) is 10. The molecule has 0 fully saturated rings. The second-order valence-corrected chi connectivity index (χ2v) is 12.5. The Labute approximate surface area is 298 Å². The molecular formula is C38H20F6N8O2. The summed E-state index contributed by atoms with van der Waals surface area (Å²) in [6, 6.07) is 17.4. The molecule has 0 bridgehead atoms. The zero-order chi connectivity index (χ0) is 37.5. The summed E-state index contributed by atoms with van der Waals surface area (Å²) in [4.78, 5) is 17.6. The van der Waals surface area contributed by atoms with Crippen LogP contribution in [0.3, 0.4) is 0 Å². The quantitative estimate of drug-likeness (QED) is 0.127. The monoisotopic (exact) mass is 734 g/mol. The Morgan fingerprint density at radius 3 is 1.30 bits per heavy atom. The third-order valence-electron chi connectivity index (χ3n) is 9.07. The minimum atomic E-state index is -4.73. The van der Waals surface area contributed by atoms with E-state index in [1.165, 1.54) is 24.5 Å². The molecule has 0 unspecified atom stereocenters. The van der Waals surface area contributed by atoms with Gasteiger partial charge in [0.1, 0.15) is 11.4 Å². The second kappa shape index (κ2) is 11.8. The van der Waals surface area contributed by atoms with Crippen LogP contribution in [-0.2, 0) is 12.4 Å². The summed E-state index contributed by atoms with van der Waals surface area (Å²) in [5, 5.41) is 17.1. The molecule has 0 saturated carbocycles. The van der Waals surface area contributed by atoms with E-state index >= 15 is 0 Å². The number of pyridine rings is 4. The molecular weight excluding hydrogens is 714 g/mol. The number of fused-ring (bicyclic) bond motifs is 6. The van der Waals surface area contributed by atoms with Crippen molar-refractivity contribution in [3.05, 3.63) is 107 Å². The summed E-state index contributed by atoms with van der Waals surface area (Å²) in [5.41, 5.74) is 0.642. The predicted octanol–water partition coefficient (Wildman–Crippen LogP) is 9.97. The number of nitrogens with zero attached hydrogens (tertiary/aromatic N) is 8. The number of aromatic nitrogens is 8. The molecule has 6 aromatic heterocycles. The smallest absolute Gasteiger partial charge is 0.415 e. The van der Waals surface area contributed by atoms with E-state index in [0.29, 0.717) is 32.9 Å². The van der Waals surface area contributed by atoms with Crippen LogP contribution in [0.2, 0.25) is 0 Å². The van der Waals surface area contributed by atoms with E-state index in [9.17, 15) is 26.3 Å². The minimum absolute atomic E-state index is 0.0257. The lowest BCUT2D eigenvalue weighted by molar-refractivity contribution is -0.137. The van der Waals surface area contributed by atoms with Crippen molar-refractivity contribution in [1.29, 1.82) is 0 Å². The van der Waals surface area contributed by atoms with Gasteiger partial charge in [0.2, 0.25) is 11.8 Å². The van der Waals surface area contributed by atoms with E-state index in [0.717, 1.165) is 23.3 Å². The van der Waals surface area contributed by atoms with Crippen LogP contribution in [0.4, 0.5) is 26.3 Å². The largest absolute Gasteiger partial charge is 0.417 e. The normalized spacial score (nSPS) is 12.4. The Kier molecular flexibility index (Phi) is 7.24. The molecule has 0 spiro atoms.